The minimum absolute atomic E-state index is 0.167. The summed E-state index contributed by atoms with van der Waals surface area (Å²) in [6.07, 6.45) is 1.84. The van der Waals surface area contributed by atoms with Crippen LogP contribution < -0.4 is 0 Å². The Hall–Kier alpha value is -0.870. The lowest BCUT2D eigenvalue weighted by atomic mass is 9.97. The number of carboxylic acids is 1. The Morgan fingerprint density at radius 3 is 3.18 bits per heavy atom. The molecule has 1 fully saturated rings. The van der Waals surface area contributed by atoms with Crippen molar-refractivity contribution in [2.24, 2.45) is 5.92 Å². The molecule has 2 heterocycles. The number of thiophene rings is 1. The topological polar surface area (TPSA) is 40.5 Å². The fraction of sp³-hybridized carbons (Fsp3) is 0.615. The maximum absolute atomic E-state index is 11.0. The van der Waals surface area contributed by atoms with Crippen LogP contribution in [0.4, 0.5) is 0 Å². The number of likely N-dealkylation sites (tertiary alicyclic amines) is 1. The van der Waals surface area contributed by atoms with Gasteiger partial charge in [0, 0.05) is 23.9 Å². The van der Waals surface area contributed by atoms with Crippen molar-refractivity contribution < 1.29 is 9.90 Å². The summed E-state index contributed by atoms with van der Waals surface area (Å²) in [7, 11) is 0. The number of hydrogen-bond donors (Lipinski definition) is 1. The van der Waals surface area contributed by atoms with Gasteiger partial charge in [0.15, 0.2) is 0 Å². The average Bonchev–Trinajstić information content (AvgIpc) is 2.82. The molecule has 0 aromatic carbocycles. The molecule has 1 N–H and O–H groups in total. The molecule has 94 valence electrons. The van der Waals surface area contributed by atoms with Crippen LogP contribution in [0.1, 0.15) is 30.6 Å². The van der Waals surface area contributed by atoms with Gasteiger partial charge in [-0.15, -0.1) is 11.3 Å². The zero-order valence-corrected chi connectivity index (χ0v) is 10.9. The molecule has 17 heavy (non-hydrogen) atoms. The standard InChI is InChI=1S/C13H19NO2S/c1-10(12-5-3-7-17-12)8-14-6-2-4-11(9-14)13(15)16/h3,5,7,10-11H,2,4,6,8-9H2,1H3,(H,15,16). The van der Waals surface area contributed by atoms with Crippen LogP contribution in [0.3, 0.4) is 0 Å². The van der Waals surface area contributed by atoms with E-state index in [-0.39, 0.29) is 5.92 Å². The summed E-state index contributed by atoms with van der Waals surface area (Å²) < 4.78 is 0. The summed E-state index contributed by atoms with van der Waals surface area (Å²) in [4.78, 5) is 14.7. The molecule has 0 spiro atoms. The van der Waals surface area contributed by atoms with E-state index < -0.39 is 5.97 Å². The zero-order valence-electron chi connectivity index (χ0n) is 10.1. The molecule has 0 bridgehead atoms. The van der Waals surface area contributed by atoms with Crippen LogP contribution in [0, 0.1) is 5.92 Å². The Morgan fingerprint density at radius 2 is 2.53 bits per heavy atom. The van der Waals surface area contributed by atoms with Gasteiger partial charge in [-0.3, -0.25) is 4.79 Å². The molecule has 1 aromatic rings. The SMILES string of the molecule is CC(CN1CCCC(C(=O)O)C1)c1cccs1. The van der Waals surface area contributed by atoms with Crippen LogP contribution >= 0.6 is 11.3 Å². The summed E-state index contributed by atoms with van der Waals surface area (Å²) in [5, 5.41) is 11.1. The van der Waals surface area contributed by atoms with Crippen LogP contribution in [-0.2, 0) is 4.79 Å². The molecule has 1 aliphatic heterocycles. The van der Waals surface area contributed by atoms with E-state index in [9.17, 15) is 4.79 Å². The van der Waals surface area contributed by atoms with E-state index in [0.717, 1.165) is 25.9 Å². The average molecular weight is 253 g/mol. The van der Waals surface area contributed by atoms with Gasteiger partial charge in [-0.25, -0.2) is 0 Å². The molecule has 4 heteroatoms. The molecule has 2 rings (SSSR count). The van der Waals surface area contributed by atoms with Gasteiger partial charge >= 0.3 is 5.97 Å². The second-order valence-corrected chi connectivity index (χ2v) is 5.83. The van der Waals surface area contributed by atoms with Crippen LogP contribution in [0.5, 0.6) is 0 Å². The van der Waals surface area contributed by atoms with Crippen LogP contribution in [0.15, 0.2) is 17.5 Å². The third-order valence-corrected chi connectivity index (χ3v) is 4.52. The van der Waals surface area contributed by atoms with E-state index >= 15 is 0 Å². The predicted octanol–water partition coefficient (Wildman–Crippen LogP) is 2.65. The Bertz CT molecular complexity index is 364. The molecule has 0 saturated carbocycles. The van der Waals surface area contributed by atoms with E-state index in [1.54, 1.807) is 11.3 Å². The van der Waals surface area contributed by atoms with Gasteiger partial charge in [0.05, 0.1) is 5.92 Å². The van der Waals surface area contributed by atoms with Crippen molar-refractivity contribution in [1.29, 1.82) is 0 Å². The van der Waals surface area contributed by atoms with Crippen molar-refractivity contribution in [3.8, 4) is 0 Å². The molecule has 1 aromatic heterocycles. The zero-order chi connectivity index (χ0) is 12.3. The number of carbonyl (C=O) groups is 1. The molecule has 1 saturated heterocycles. The lowest BCUT2D eigenvalue weighted by Gasteiger charge is -2.32. The first-order chi connectivity index (χ1) is 8.16. The molecule has 2 unspecified atom stereocenters. The van der Waals surface area contributed by atoms with Crippen molar-refractivity contribution in [2.75, 3.05) is 19.6 Å². The third kappa shape index (κ3) is 3.30. The van der Waals surface area contributed by atoms with Crippen LogP contribution in [0.2, 0.25) is 0 Å². The van der Waals surface area contributed by atoms with Gasteiger partial charge in [0.25, 0.3) is 0 Å². The predicted molar refractivity (Wildman–Crippen MR) is 69.5 cm³/mol. The first-order valence-corrected chi connectivity index (χ1v) is 7.03. The molecule has 3 nitrogen and oxygen atoms in total. The van der Waals surface area contributed by atoms with Crippen molar-refractivity contribution >= 4 is 17.3 Å². The van der Waals surface area contributed by atoms with Crippen molar-refractivity contribution in [3.63, 3.8) is 0 Å². The minimum Gasteiger partial charge on any atom is -0.481 e. The number of nitrogens with zero attached hydrogens (tertiary/aromatic N) is 1. The van der Waals surface area contributed by atoms with E-state index in [1.807, 2.05) is 0 Å². The third-order valence-electron chi connectivity index (χ3n) is 3.42. The van der Waals surface area contributed by atoms with Crippen molar-refractivity contribution in [3.05, 3.63) is 22.4 Å². The molecular formula is C13H19NO2S. The maximum Gasteiger partial charge on any atom is 0.307 e. The van der Waals surface area contributed by atoms with E-state index in [0.29, 0.717) is 12.5 Å². The van der Waals surface area contributed by atoms with Crippen LogP contribution in [-0.4, -0.2) is 35.6 Å². The highest BCUT2D eigenvalue weighted by Gasteiger charge is 2.26. The Morgan fingerprint density at radius 1 is 1.71 bits per heavy atom. The van der Waals surface area contributed by atoms with Gasteiger partial charge in [-0.05, 0) is 30.8 Å². The number of rotatable bonds is 4. The molecule has 0 amide bonds. The lowest BCUT2D eigenvalue weighted by Crippen LogP contribution is -2.40. The summed E-state index contributed by atoms with van der Waals surface area (Å²) >= 11 is 1.78. The van der Waals surface area contributed by atoms with Gasteiger partial charge in [-0.2, -0.15) is 0 Å². The summed E-state index contributed by atoms with van der Waals surface area (Å²) in [6.45, 7) is 4.95. The van der Waals surface area contributed by atoms with E-state index in [2.05, 4.69) is 29.3 Å². The molecular weight excluding hydrogens is 234 g/mol. The summed E-state index contributed by atoms with van der Waals surface area (Å²) in [5.41, 5.74) is 0. The second-order valence-electron chi connectivity index (χ2n) is 4.85. The largest absolute Gasteiger partial charge is 0.481 e. The Labute approximate surface area is 106 Å². The normalized spacial score (nSPS) is 23.5. The van der Waals surface area contributed by atoms with Crippen LogP contribution in [0.25, 0.3) is 0 Å². The molecule has 0 radical (unpaired) electrons. The highest BCUT2D eigenvalue weighted by atomic mass is 32.1. The molecule has 1 aliphatic rings. The minimum atomic E-state index is -0.640. The second kappa shape index (κ2) is 5.65. The first kappa shape index (κ1) is 12.6. The number of hydrogen-bond acceptors (Lipinski definition) is 3. The summed E-state index contributed by atoms with van der Waals surface area (Å²) in [6, 6.07) is 4.24. The number of carboxylic acid groups (broad SMARTS) is 1. The smallest absolute Gasteiger partial charge is 0.307 e. The van der Waals surface area contributed by atoms with Gasteiger partial charge in [0.1, 0.15) is 0 Å². The fourth-order valence-corrected chi connectivity index (χ4v) is 3.25. The highest BCUT2D eigenvalue weighted by molar-refractivity contribution is 7.10. The van der Waals surface area contributed by atoms with Gasteiger partial charge in [-0.1, -0.05) is 13.0 Å². The first-order valence-electron chi connectivity index (χ1n) is 6.15. The Balaban J connectivity index is 1.88. The monoisotopic (exact) mass is 253 g/mol. The molecule has 0 aliphatic carbocycles. The highest BCUT2D eigenvalue weighted by Crippen LogP contribution is 2.24. The quantitative estimate of drug-likeness (QED) is 0.896. The summed E-state index contributed by atoms with van der Waals surface area (Å²) in [5.74, 6) is -0.305. The van der Waals surface area contributed by atoms with E-state index in [1.165, 1.54) is 4.88 Å². The number of piperidine rings is 1. The van der Waals surface area contributed by atoms with Gasteiger partial charge < -0.3 is 10.0 Å². The fourth-order valence-electron chi connectivity index (χ4n) is 2.47. The van der Waals surface area contributed by atoms with Crippen molar-refractivity contribution in [2.45, 2.75) is 25.7 Å². The molecule has 2 atom stereocenters. The number of aliphatic carboxylic acids is 1. The van der Waals surface area contributed by atoms with Crippen molar-refractivity contribution in [1.82, 2.24) is 4.90 Å². The Kier molecular flexibility index (Phi) is 4.18. The van der Waals surface area contributed by atoms with E-state index in [4.69, 9.17) is 5.11 Å². The van der Waals surface area contributed by atoms with Gasteiger partial charge in [0.2, 0.25) is 0 Å². The lowest BCUT2D eigenvalue weighted by molar-refractivity contribution is -0.143. The maximum atomic E-state index is 11.0.